The highest BCUT2D eigenvalue weighted by Crippen LogP contribution is 2.20. The largest absolute Gasteiger partial charge is 0.480 e. The molecule has 3 rings (SSSR count). The zero-order valence-electron chi connectivity index (χ0n) is 23.0. The van der Waals surface area contributed by atoms with Gasteiger partial charge in [0.15, 0.2) is 0 Å². The van der Waals surface area contributed by atoms with Gasteiger partial charge in [0, 0.05) is 31.5 Å². The summed E-state index contributed by atoms with van der Waals surface area (Å²) in [6.07, 6.45) is 5.98. The average Bonchev–Trinajstić information content (AvgIpc) is 3.38. The zero-order valence-corrected chi connectivity index (χ0v) is 23.0. The van der Waals surface area contributed by atoms with Gasteiger partial charge in [0.25, 0.3) is 5.91 Å². The highest BCUT2D eigenvalue weighted by atomic mass is 19.3. The number of nitrogens with one attached hydrogen (secondary N) is 2. The number of ether oxygens (including phenoxy) is 1. The van der Waals surface area contributed by atoms with Gasteiger partial charge in [0.1, 0.15) is 17.6 Å². The van der Waals surface area contributed by atoms with Gasteiger partial charge in [-0.05, 0) is 83.5 Å². The molecule has 0 saturated carbocycles. The second-order valence-electron chi connectivity index (χ2n) is 10.7. The van der Waals surface area contributed by atoms with E-state index in [-0.39, 0.29) is 16.7 Å². The summed E-state index contributed by atoms with van der Waals surface area (Å²) < 4.78 is 32.3. The second-order valence-corrected chi connectivity index (χ2v) is 10.7. The van der Waals surface area contributed by atoms with Crippen LogP contribution in [0.2, 0.25) is 0 Å². The normalized spacial score (nSPS) is 14.2. The summed E-state index contributed by atoms with van der Waals surface area (Å²) in [7, 11) is 0. The molecule has 3 heterocycles. The van der Waals surface area contributed by atoms with Crippen LogP contribution in [0.15, 0.2) is 24.4 Å². The van der Waals surface area contributed by atoms with E-state index in [4.69, 9.17) is 9.72 Å². The van der Waals surface area contributed by atoms with Crippen molar-refractivity contribution in [3.05, 3.63) is 41.3 Å². The number of carboxylic acid groups (broad SMARTS) is 1. The Bertz CT molecular complexity index is 1090. The fourth-order valence-electron chi connectivity index (χ4n) is 4.42. The molecule has 0 radical (unpaired) electrons. The Labute approximate surface area is 228 Å². The number of nitrogens with zero attached hydrogens (tertiary/aromatic N) is 4. The van der Waals surface area contributed by atoms with Crippen LogP contribution in [-0.2, 0) is 22.4 Å². The Morgan fingerprint density at radius 2 is 2.00 bits per heavy atom. The molecule has 1 aliphatic heterocycles. The van der Waals surface area contributed by atoms with E-state index in [1.54, 1.807) is 0 Å². The van der Waals surface area contributed by atoms with Gasteiger partial charge < -0.3 is 25.4 Å². The van der Waals surface area contributed by atoms with E-state index in [1.807, 2.05) is 20.8 Å². The van der Waals surface area contributed by atoms with E-state index in [2.05, 4.69) is 32.8 Å². The molecular formula is C27H40F2N6O4. The Balaban J connectivity index is 1.54. The van der Waals surface area contributed by atoms with Crippen LogP contribution >= 0.6 is 0 Å². The van der Waals surface area contributed by atoms with Crippen LogP contribution < -0.4 is 10.6 Å². The number of aromatic nitrogens is 3. The fraction of sp³-hybridized carbons (Fsp3) is 0.630. The first kappa shape index (κ1) is 30.4. The number of pyridine rings is 1. The topological polar surface area (TPSA) is 122 Å². The summed E-state index contributed by atoms with van der Waals surface area (Å²) in [6, 6.07) is 4.12. The molecule has 0 unspecified atom stereocenters. The minimum atomic E-state index is -3.00. The van der Waals surface area contributed by atoms with Gasteiger partial charge in [-0.25, -0.2) is 9.78 Å². The monoisotopic (exact) mass is 550 g/mol. The number of alkyl halides is 2. The lowest BCUT2D eigenvalue weighted by Gasteiger charge is -2.27. The molecule has 0 saturated heterocycles. The first-order chi connectivity index (χ1) is 18.5. The van der Waals surface area contributed by atoms with Crippen LogP contribution in [0.4, 0.5) is 14.6 Å². The SMILES string of the molecule is CC(C)(C)OCCN(CCCCc1ccc2c(n1)NCCC2)CC[C@H](NC(=O)c1ccnn1C(F)F)C(=O)O. The lowest BCUT2D eigenvalue weighted by atomic mass is 10.1. The van der Waals surface area contributed by atoms with Crippen LogP contribution in [0.5, 0.6) is 0 Å². The number of anilines is 1. The number of carbonyl (C=O) groups excluding carboxylic acids is 1. The van der Waals surface area contributed by atoms with E-state index in [9.17, 15) is 23.5 Å². The molecule has 0 aromatic carbocycles. The number of aryl methyl sites for hydroxylation is 2. The maximum Gasteiger partial charge on any atom is 0.333 e. The summed E-state index contributed by atoms with van der Waals surface area (Å²) in [5.74, 6) is -1.16. The van der Waals surface area contributed by atoms with Crippen LogP contribution in [0.1, 0.15) is 74.7 Å². The van der Waals surface area contributed by atoms with Gasteiger partial charge in [0.2, 0.25) is 0 Å². The van der Waals surface area contributed by atoms with Gasteiger partial charge in [-0.3, -0.25) is 4.79 Å². The van der Waals surface area contributed by atoms with Crippen molar-refractivity contribution < 1.29 is 28.2 Å². The van der Waals surface area contributed by atoms with Crippen molar-refractivity contribution in [2.24, 2.45) is 0 Å². The minimum Gasteiger partial charge on any atom is -0.480 e. The number of halogens is 2. The maximum atomic E-state index is 13.1. The van der Waals surface area contributed by atoms with Crippen molar-refractivity contribution in [2.45, 2.75) is 77.5 Å². The number of carbonyl (C=O) groups is 2. The van der Waals surface area contributed by atoms with E-state index in [0.29, 0.717) is 19.7 Å². The van der Waals surface area contributed by atoms with Gasteiger partial charge in [-0.2, -0.15) is 18.6 Å². The van der Waals surface area contributed by atoms with E-state index < -0.39 is 30.2 Å². The number of hydrogen-bond donors (Lipinski definition) is 3. The summed E-state index contributed by atoms with van der Waals surface area (Å²) in [5.41, 5.74) is 1.61. The molecule has 1 atom stereocenters. The smallest absolute Gasteiger partial charge is 0.333 e. The van der Waals surface area contributed by atoms with Crippen LogP contribution in [0.25, 0.3) is 0 Å². The first-order valence-electron chi connectivity index (χ1n) is 13.5. The van der Waals surface area contributed by atoms with Crippen molar-refractivity contribution in [3.63, 3.8) is 0 Å². The molecular weight excluding hydrogens is 510 g/mol. The third kappa shape index (κ3) is 9.85. The predicted molar refractivity (Wildman–Crippen MR) is 143 cm³/mol. The molecule has 1 amide bonds. The maximum absolute atomic E-state index is 13.1. The lowest BCUT2D eigenvalue weighted by molar-refractivity contribution is -0.139. The summed E-state index contributed by atoms with van der Waals surface area (Å²) >= 11 is 0. The minimum absolute atomic E-state index is 0.109. The number of unbranched alkanes of at least 4 members (excludes halogenated alkanes) is 1. The fourth-order valence-corrected chi connectivity index (χ4v) is 4.42. The third-order valence-corrected chi connectivity index (χ3v) is 6.48. The first-order valence-corrected chi connectivity index (χ1v) is 13.5. The van der Waals surface area contributed by atoms with Crippen molar-refractivity contribution in [3.8, 4) is 0 Å². The highest BCUT2D eigenvalue weighted by molar-refractivity contribution is 5.95. The van der Waals surface area contributed by atoms with Gasteiger partial charge in [-0.1, -0.05) is 6.07 Å². The van der Waals surface area contributed by atoms with E-state index in [1.165, 1.54) is 5.56 Å². The Hall–Kier alpha value is -3.12. The van der Waals surface area contributed by atoms with Crippen molar-refractivity contribution >= 4 is 17.7 Å². The summed E-state index contributed by atoms with van der Waals surface area (Å²) in [5, 5.41) is 18.8. The molecule has 216 valence electrons. The standard InChI is InChI=1S/C27H40F2N6O4/c1-27(2,3)39-18-17-34(15-5-4-8-20-10-9-19-7-6-13-30-23(19)32-20)16-12-21(25(37)38)33-24(36)22-11-14-31-35(22)26(28)29/h9-11,14,21,26H,4-8,12-13,15-18H2,1-3H3,(H,30,32)(H,33,36)(H,37,38)/t21-/m0/s1. The molecule has 12 heteroatoms. The van der Waals surface area contributed by atoms with Crippen LogP contribution in [-0.4, -0.2) is 81.1 Å². The molecule has 39 heavy (non-hydrogen) atoms. The molecule has 0 fully saturated rings. The number of aliphatic carboxylic acids is 1. The number of rotatable bonds is 15. The van der Waals surface area contributed by atoms with Crippen LogP contribution in [0, 0.1) is 0 Å². The molecule has 0 spiro atoms. The Morgan fingerprint density at radius 1 is 1.21 bits per heavy atom. The molecule has 2 aromatic rings. The van der Waals surface area contributed by atoms with Crippen molar-refractivity contribution in [1.82, 2.24) is 25.0 Å². The van der Waals surface area contributed by atoms with E-state index in [0.717, 1.165) is 69.0 Å². The van der Waals surface area contributed by atoms with E-state index >= 15 is 0 Å². The average molecular weight is 551 g/mol. The highest BCUT2D eigenvalue weighted by Gasteiger charge is 2.25. The Kier molecular flexibility index (Phi) is 11.2. The Morgan fingerprint density at radius 3 is 2.72 bits per heavy atom. The summed E-state index contributed by atoms with van der Waals surface area (Å²) in [4.78, 5) is 31.2. The number of fused-ring (bicyclic) bond motifs is 1. The van der Waals surface area contributed by atoms with Gasteiger partial charge >= 0.3 is 12.5 Å². The van der Waals surface area contributed by atoms with Crippen molar-refractivity contribution in [1.29, 1.82) is 0 Å². The molecule has 0 bridgehead atoms. The van der Waals surface area contributed by atoms with Crippen molar-refractivity contribution in [2.75, 3.05) is 38.1 Å². The van der Waals surface area contributed by atoms with Crippen LogP contribution in [0.3, 0.4) is 0 Å². The predicted octanol–water partition coefficient (Wildman–Crippen LogP) is 3.74. The molecule has 10 nitrogen and oxygen atoms in total. The quantitative estimate of drug-likeness (QED) is 0.287. The number of carboxylic acids is 1. The summed E-state index contributed by atoms with van der Waals surface area (Å²) in [6.45, 7) is 6.02. The number of hydrogen-bond acceptors (Lipinski definition) is 7. The molecule has 3 N–H and O–H groups in total. The lowest BCUT2D eigenvalue weighted by Crippen LogP contribution is -2.44. The van der Waals surface area contributed by atoms with Gasteiger partial charge in [-0.15, -0.1) is 0 Å². The molecule has 0 aliphatic carbocycles. The second kappa shape index (κ2) is 14.3. The molecule has 2 aromatic heterocycles. The third-order valence-electron chi connectivity index (χ3n) is 6.48. The van der Waals surface area contributed by atoms with Gasteiger partial charge in [0.05, 0.1) is 12.2 Å². The zero-order chi connectivity index (χ0) is 28.4. The molecule has 1 aliphatic rings. The number of amides is 1.